The summed E-state index contributed by atoms with van der Waals surface area (Å²) in [5, 5.41) is 10.7. The van der Waals surface area contributed by atoms with Gasteiger partial charge in [-0.05, 0) is 6.92 Å². The minimum atomic E-state index is -1.06. The second-order valence-electron chi connectivity index (χ2n) is 1.60. The second kappa shape index (κ2) is 4.81. The monoisotopic (exact) mass is 145 g/mol. The minimum Gasteiger partial charge on any atom is -0.477 e. The van der Waals surface area contributed by atoms with Crippen LogP contribution in [0.15, 0.2) is 12.3 Å². The highest BCUT2D eigenvalue weighted by Gasteiger charge is 1.99. The Morgan fingerprint density at radius 1 is 1.80 bits per heavy atom. The molecule has 2 N–H and O–H groups in total. The van der Waals surface area contributed by atoms with Crippen LogP contribution < -0.4 is 5.32 Å². The maximum Gasteiger partial charge on any atom is 0.351 e. The molecule has 0 radical (unpaired) electrons. The molecule has 4 nitrogen and oxygen atoms in total. The number of rotatable bonds is 5. The average Bonchev–Trinajstić information content (AvgIpc) is 1.88. The van der Waals surface area contributed by atoms with Crippen molar-refractivity contribution in [1.82, 2.24) is 5.32 Å². The Kier molecular flexibility index (Phi) is 4.32. The summed E-state index contributed by atoms with van der Waals surface area (Å²) in [6, 6.07) is 0. The van der Waals surface area contributed by atoms with Gasteiger partial charge in [-0.3, -0.25) is 0 Å². The Morgan fingerprint density at radius 2 is 2.40 bits per heavy atom. The lowest BCUT2D eigenvalue weighted by Crippen LogP contribution is -2.21. The molecule has 0 saturated carbocycles. The van der Waals surface area contributed by atoms with Crippen LogP contribution in [0.25, 0.3) is 0 Å². The van der Waals surface area contributed by atoms with Crippen molar-refractivity contribution in [3.8, 4) is 0 Å². The maximum atomic E-state index is 10.1. The van der Waals surface area contributed by atoms with Gasteiger partial charge in [0.05, 0.1) is 0 Å². The van der Waals surface area contributed by atoms with E-state index in [0.29, 0.717) is 6.61 Å². The number of aliphatic carboxylic acids is 1. The first-order valence-electron chi connectivity index (χ1n) is 2.92. The number of carboxylic acid groups (broad SMARTS) is 1. The van der Waals surface area contributed by atoms with E-state index in [0.717, 1.165) is 0 Å². The quantitative estimate of drug-likeness (QED) is 0.329. The Bertz CT molecular complexity index is 133. The number of ether oxygens (including phenoxy) is 1. The van der Waals surface area contributed by atoms with Gasteiger partial charge in [0.2, 0.25) is 0 Å². The van der Waals surface area contributed by atoms with Crippen molar-refractivity contribution in [2.45, 2.75) is 6.92 Å². The highest BCUT2D eigenvalue weighted by molar-refractivity contribution is 5.84. The molecule has 0 rings (SSSR count). The molecule has 58 valence electrons. The van der Waals surface area contributed by atoms with E-state index < -0.39 is 5.97 Å². The van der Waals surface area contributed by atoms with Crippen molar-refractivity contribution in [3.05, 3.63) is 12.3 Å². The molecular formula is C6H11NO3. The van der Waals surface area contributed by atoms with Crippen molar-refractivity contribution >= 4 is 5.97 Å². The van der Waals surface area contributed by atoms with E-state index in [1.54, 1.807) is 0 Å². The Balaban J connectivity index is 3.31. The largest absolute Gasteiger partial charge is 0.477 e. The van der Waals surface area contributed by atoms with Gasteiger partial charge in [-0.1, -0.05) is 6.58 Å². The summed E-state index contributed by atoms with van der Waals surface area (Å²) in [4.78, 5) is 10.1. The average molecular weight is 145 g/mol. The van der Waals surface area contributed by atoms with Gasteiger partial charge in [-0.25, -0.2) is 4.79 Å². The lowest BCUT2D eigenvalue weighted by atomic mass is 10.5. The fourth-order valence-corrected chi connectivity index (χ4v) is 0.316. The summed E-state index contributed by atoms with van der Waals surface area (Å²) < 4.78 is 4.82. The fraction of sp³-hybridized carbons (Fsp3) is 0.500. The molecule has 0 aliphatic rings. The van der Waals surface area contributed by atoms with E-state index >= 15 is 0 Å². The normalized spacial score (nSPS) is 8.90. The molecule has 0 aliphatic carbocycles. The standard InChI is InChI=1S/C6H11NO3/c1-3-10-4-7-5(2)6(8)9/h7H,2-4H2,1H3,(H,8,9). The van der Waals surface area contributed by atoms with E-state index in [1.807, 2.05) is 6.92 Å². The number of nitrogens with one attached hydrogen (secondary N) is 1. The van der Waals surface area contributed by atoms with Gasteiger partial charge < -0.3 is 15.2 Å². The molecule has 0 aliphatic heterocycles. The van der Waals surface area contributed by atoms with Crippen molar-refractivity contribution in [2.75, 3.05) is 13.3 Å². The molecule has 0 heterocycles. The van der Waals surface area contributed by atoms with E-state index in [2.05, 4.69) is 11.9 Å². The summed E-state index contributed by atoms with van der Waals surface area (Å²) in [5.41, 5.74) is -0.0477. The molecule has 0 aromatic heterocycles. The summed E-state index contributed by atoms with van der Waals surface area (Å²) in [7, 11) is 0. The number of carbonyl (C=O) groups is 1. The SMILES string of the molecule is C=C(NCOCC)C(=O)O. The first-order valence-corrected chi connectivity index (χ1v) is 2.92. The molecular weight excluding hydrogens is 134 g/mol. The molecule has 0 saturated heterocycles. The molecule has 0 unspecified atom stereocenters. The van der Waals surface area contributed by atoms with Crippen molar-refractivity contribution < 1.29 is 14.6 Å². The van der Waals surface area contributed by atoms with Crippen LogP contribution in [0.3, 0.4) is 0 Å². The van der Waals surface area contributed by atoms with Gasteiger partial charge in [0, 0.05) is 6.61 Å². The summed E-state index contributed by atoms with van der Waals surface area (Å²) in [6.45, 7) is 5.81. The molecule has 0 spiro atoms. The van der Waals surface area contributed by atoms with Crippen LogP contribution in [0.5, 0.6) is 0 Å². The summed E-state index contributed by atoms with van der Waals surface area (Å²) >= 11 is 0. The first-order chi connectivity index (χ1) is 4.68. The predicted octanol–water partition coefficient (Wildman–Crippen LogP) is 0.168. The van der Waals surface area contributed by atoms with Crippen LogP contribution in [0, 0.1) is 0 Å². The zero-order valence-electron chi connectivity index (χ0n) is 5.89. The van der Waals surface area contributed by atoms with E-state index in [4.69, 9.17) is 9.84 Å². The minimum absolute atomic E-state index is 0.0477. The summed E-state index contributed by atoms with van der Waals surface area (Å²) in [6.07, 6.45) is 0. The van der Waals surface area contributed by atoms with Crippen LogP contribution in [0.4, 0.5) is 0 Å². The zero-order valence-corrected chi connectivity index (χ0v) is 5.89. The van der Waals surface area contributed by atoms with E-state index in [1.165, 1.54) is 0 Å². The topological polar surface area (TPSA) is 58.6 Å². The highest BCUT2D eigenvalue weighted by Crippen LogP contribution is 1.81. The van der Waals surface area contributed by atoms with Gasteiger partial charge in [0.25, 0.3) is 0 Å². The lowest BCUT2D eigenvalue weighted by Gasteiger charge is -2.03. The number of carboxylic acids is 1. The third kappa shape index (κ3) is 3.91. The molecule has 0 amide bonds. The van der Waals surface area contributed by atoms with Gasteiger partial charge in [-0.2, -0.15) is 0 Å². The van der Waals surface area contributed by atoms with Crippen molar-refractivity contribution in [3.63, 3.8) is 0 Å². The van der Waals surface area contributed by atoms with Crippen molar-refractivity contribution in [1.29, 1.82) is 0 Å². The van der Waals surface area contributed by atoms with E-state index in [-0.39, 0.29) is 12.4 Å². The van der Waals surface area contributed by atoms with Crippen LogP contribution in [0.2, 0.25) is 0 Å². The van der Waals surface area contributed by atoms with E-state index in [9.17, 15) is 4.79 Å². The Hall–Kier alpha value is -1.03. The van der Waals surface area contributed by atoms with Crippen LogP contribution >= 0.6 is 0 Å². The molecule has 0 aromatic carbocycles. The molecule has 0 fully saturated rings. The number of hydrogen-bond acceptors (Lipinski definition) is 3. The zero-order chi connectivity index (χ0) is 7.98. The van der Waals surface area contributed by atoms with Crippen LogP contribution in [0.1, 0.15) is 6.92 Å². The predicted molar refractivity (Wildman–Crippen MR) is 36.4 cm³/mol. The molecule has 10 heavy (non-hydrogen) atoms. The number of hydrogen-bond donors (Lipinski definition) is 2. The first kappa shape index (κ1) is 8.97. The van der Waals surface area contributed by atoms with Gasteiger partial charge in [0.15, 0.2) is 0 Å². The Morgan fingerprint density at radius 3 is 2.80 bits per heavy atom. The Labute approximate surface area is 59.5 Å². The summed E-state index contributed by atoms with van der Waals surface area (Å²) in [5.74, 6) is -1.06. The molecule has 0 atom stereocenters. The molecule has 0 bridgehead atoms. The smallest absolute Gasteiger partial charge is 0.351 e. The van der Waals surface area contributed by atoms with Crippen LogP contribution in [-0.4, -0.2) is 24.4 Å². The fourth-order valence-electron chi connectivity index (χ4n) is 0.316. The van der Waals surface area contributed by atoms with Gasteiger partial charge in [0.1, 0.15) is 12.4 Å². The van der Waals surface area contributed by atoms with Crippen LogP contribution in [-0.2, 0) is 9.53 Å². The third-order valence-electron chi connectivity index (χ3n) is 0.850. The lowest BCUT2D eigenvalue weighted by molar-refractivity contribution is -0.133. The molecule has 0 aromatic rings. The van der Waals surface area contributed by atoms with Gasteiger partial charge >= 0.3 is 5.97 Å². The second-order valence-corrected chi connectivity index (χ2v) is 1.60. The third-order valence-corrected chi connectivity index (χ3v) is 0.850. The van der Waals surface area contributed by atoms with Gasteiger partial charge in [-0.15, -0.1) is 0 Å². The van der Waals surface area contributed by atoms with Crippen molar-refractivity contribution in [2.24, 2.45) is 0 Å². The maximum absolute atomic E-state index is 10.1. The highest BCUT2D eigenvalue weighted by atomic mass is 16.5. The molecule has 4 heteroatoms.